The number of nitrogens with zero attached hydrogens (tertiary/aromatic N) is 4. The zero-order chi connectivity index (χ0) is 28.2. The molecule has 11 nitrogen and oxygen atoms in total. The first-order valence-corrected chi connectivity index (χ1v) is 12.3. The number of fused-ring (bicyclic) bond motifs is 1. The Hall–Kier alpha value is -5.50. The summed E-state index contributed by atoms with van der Waals surface area (Å²) in [5.74, 6) is 1.85. The smallest absolute Gasteiger partial charge is 0.253 e. The van der Waals surface area contributed by atoms with Gasteiger partial charge in [-0.1, -0.05) is 12.1 Å². The molecule has 0 aliphatic heterocycles. The zero-order valence-electron chi connectivity index (χ0n) is 22.4. The van der Waals surface area contributed by atoms with Crippen LogP contribution >= 0.6 is 0 Å². The minimum absolute atomic E-state index is 0.189. The van der Waals surface area contributed by atoms with Crippen molar-refractivity contribution in [1.82, 2.24) is 24.9 Å². The lowest BCUT2D eigenvalue weighted by Crippen LogP contribution is -2.22. The molecule has 0 fully saturated rings. The molecule has 3 heterocycles. The fourth-order valence-corrected chi connectivity index (χ4v) is 4.27. The van der Waals surface area contributed by atoms with E-state index in [0.717, 1.165) is 16.9 Å². The normalized spacial score (nSPS) is 10.7. The van der Waals surface area contributed by atoms with Crippen molar-refractivity contribution < 1.29 is 19.0 Å². The van der Waals surface area contributed by atoms with Crippen LogP contribution in [-0.2, 0) is 6.54 Å². The summed E-state index contributed by atoms with van der Waals surface area (Å²) in [6.07, 6.45) is 3.16. The molecule has 11 heteroatoms. The van der Waals surface area contributed by atoms with Crippen molar-refractivity contribution in [2.75, 3.05) is 26.6 Å². The molecule has 1 amide bonds. The van der Waals surface area contributed by atoms with E-state index >= 15 is 0 Å². The van der Waals surface area contributed by atoms with Crippen LogP contribution in [0.3, 0.4) is 0 Å². The van der Waals surface area contributed by atoms with E-state index in [2.05, 4.69) is 26.8 Å². The number of nitriles is 1. The topological polar surface area (TPSA) is 139 Å². The van der Waals surface area contributed by atoms with Crippen molar-refractivity contribution in [3.8, 4) is 34.6 Å². The molecule has 5 aromatic rings. The van der Waals surface area contributed by atoms with Crippen LogP contribution in [0.2, 0.25) is 0 Å². The molecule has 0 aliphatic rings. The minimum atomic E-state index is -0.189. The third kappa shape index (κ3) is 4.98. The molecule has 0 saturated carbocycles. The third-order valence-corrected chi connectivity index (χ3v) is 6.36. The summed E-state index contributed by atoms with van der Waals surface area (Å²) < 4.78 is 18.2. The Balaban J connectivity index is 1.43. The van der Waals surface area contributed by atoms with Crippen LogP contribution in [0.4, 0.5) is 11.5 Å². The van der Waals surface area contributed by atoms with Crippen molar-refractivity contribution in [3.63, 3.8) is 0 Å². The molecule has 5 rings (SSSR count). The maximum Gasteiger partial charge on any atom is 0.253 e. The Bertz CT molecular complexity index is 1690. The van der Waals surface area contributed by atoms with E-state index in [-0.39, 0.29) is 5.91 Å². The summed E-state index contributed by atoms with van der Waals surface area (Å²) in [4.78, 5) is 21.4. The van der Waals surface area contributed by atoms with Gasteiger partial charge in [0, 0.05) is 35.9 Å². The predicted octanol–water partition coefficient (Wildman–Crippen LogP) is 4.60. The molecule has 0 saturated heterocycles. The van der Waals surface area contributed by atoms with Gasteiger partial charge >= 0.3 is 0 Å². The molecule has 0 aliphatic carbocycles. The summed E-state index contributed by atoms with van der Waals surface area (Å²) >= 11 is 0. The number of imidazole rings is 1. The van der Waals surface area contributed by atoms with Crippen LogP contribution in [0, 0.1) is 18.3 Å². The SMILES string of the molecule is COc1cc(-c2nc3c(C#N)c[nH]n3c2Nc2ccc(CNC(=O)c3ccc(C)nc3)cc2)cc(OC)c1OC. The van der Waals surface area contributed by atoms with Gasteiger partial charge in [-0.15, -0.1) is 0 Å². The first kappa shape index (κ1) is 26.1. The van der Waals surface area contributed by atoms with E-state index < -0.39 is 0 Å². The van der Waals surface area contributed by atoms with Crippen molar-refractivity contribution in [2.24, 2.45) is 0 Å². The largest absolute Gasteiger partial charge is 0.493 e. The average Bonchev–Trinajstić information content (AvgIpc) is 3.55. The molecule has 3 aromatic heterocycles. The van der Waals surface area contributed by atoms with Crippen molar-refractivity contribution in [3.05, 3.63) is 83.3 Å². The summed E-state index contributed by atoms with van der Waals surface area (Å²) in [5.41, 5.74) is 5.21. The highest BCUT2D eigenvalue weighted by molar-refractivity contribution is 5.93. The molecular weight excluding hydrogens is 510 g/mol. The first-order chi connectivity index (χ1) is 19.4. The average molecular weight is 538 g/mol. The number of methoxy groups -OCH3 is 3. The number of aromatic amines is 1. The minimum Gasteiger partial charge on any atom is -0.493 e. The van der Waals surface area contributed by atoms with Gasteiger partial charge in [0.25, 0.3) is 5.91 Å². The molecule has 0 spiro atoms. The van der Waals surface area contributed by atoms with Gasteiger partial charge in [0.05, 0.1) is 26.9 Å². The monoisotopic (exact) mass is 537 g/mol. The Morgan fingerprint density at radius 1 is 1.05 bits per heavy atom. The number of carbonyl (C=O) groups excluding carboxylic acids is 1. The highest BCUT2D eigenvalue weighted by Crippen LogP contribution is 2.43. The van der Waals surface area contributed by atoms with E-state index in [1.54, 1.807) is 62.5 Å². The second kappa shape index (κ2) is 11.1. The standard InChI is InChI=1S/C29H27N7O4/c1-17-5-8-19(15-31-17)29(37)32-14-18-6-9-22(10-7-18)34-28-25(35-27-21(13-30)16-33-36(27)28)20-11-23(38-2)26(40-4)24(12-20)39-3/h5-12,15-16,33-34H,14H2,1-4H3,(H,32,37). The van der Waals surface area contributed by atoms with Crippen LogP contribution in [0.5, 0.6) is 17.2 Å². The number of ether oxygens (including phenoxy) is 3. The molecule has 202 valence electrons. The van der Waals surface area contributed by atoms with Gasteiger partial charge < -0.3 is 24.8 Å². The van der Waals surface area contributed by atoms with Gasteiger partial charge in [0.2, 0.25) is 5.75 Å². The van der Waals surface area contributed by atoms with Crippen molar-refractivity contribution in [2.45, 2.75) is 13.5 Å². The van der Waals surface area contributed by atoms with E-state index in [0.29, 0.717) is 57.6 Å². The second-order valence-corrected chi connectivity index (χ2v) is 8.87. The fraction of sp³-hybridized carbons (Fsp3) is 0.172. The van der Waals surface area contributed by atoms with Gasteiger partial charge in [-0.25, -0.2) is 9.50 Å². The van der Waals surface area contributed by atoms with Gasteiger partial charge in [0.1, 0.15) is 17.3 Å². The number of benzene rings is 2. The van der Waals surface area contributed by atoms with Crippen molar-refractivity contribution >= 4 is 23.1 Å². The number of aromatic nitrogens is 4. The maximum absolute atomic E-state index is 12.4. The first-order valence-electron chi connectivity index (χ1n) is 12.3. The van der Waals surface area contributed by atoms with Gasteiger partial charge in [-0.05, 0) is 48.9 Å². The Labute approximate surface area is 230 Å². The molecule has 40 heavy (non-hydrogen) atoms. The molecule has 0 radical (unpaired) electrons. The van der Waals surface area contributed by atoms with Crippen LogP contribution < -0.4 is 24.8 Å². The fourth-order valence-electron chi connectivity index (χ4n) is 4.27. The molecule has 3 N–H and O–H groups in total. The lowest BCUT2D eigenvalue weighted by Gasteiger charge is -2.14. The number of hydrogen-bond donors (Lipinski definition) is 3. The van der Waals surface area contributed by atoms with Crippen LogP contribution in [0.1, 0.15) is 27.2 Å². The highest BCUT2D eigenvalue weighted by atomic mass is 16.5. The Morgan fingerprint density at radius 2 is 1.77 bits per heavy atom. The summed E-state index contributed by atoms with van der Waals surface area (Å²) in [6, 6.07) is 17.0. The maximum atomic E-state index is 12.4. The number of carbonyl (C=O) groups is 1. The number of H-pyrrole nitrogens is 1. The number of hydrogen-bond acceptors (Lipinski definition) is 8. The van der Waals surface area contributed by atoms with Gasteiger partial charge in [0.15, 0.2) is 23.0 Å². The number of amides is 1. The van der Waals surface area contributed by atoms with E-state index in [9.17, 15) is 10.1 Å². The summed E-state index contributed by atoms with van der Waals surface area (Å²) in [5, 5.41) is 19.0. The van der Waals surface area contributed by atoms with Gasteiger partial charge in [-0.3, -0.25) is 14.9 Å². The number of nitrogens with one attached hydrogen (secondary N) is 3. The summed E-state index contributed by atoms with van der Waals surface area (Å²) in [7, 11) is 4.64. The van der Waals surface area contributed by atoms with Gasteiger partial charge in [-0.2, -0.15) is 5.26 Å². The van der Waals surface area contributed by atoms with Crippen LogP contribution in [0.15, 0.2) is 60.9 Å². The summed E-state index contributed by atoms with van der Waals surface area (Å²) in [6.45, 7) is 2.24. The second-order valence-electron chi connectivity index (χ2n) is 8.87. The predicted molar refractivity (Wildman–Crippen MR) is 149 cm³/mol. The quantitative estimate of drug-likeness (QED) is 0.248. The van der Waals surface area contributed by atoms with E-state index in [1.165, 1.54) is 0 Å². The molecular formula is C29H27N7O4. The van der Waals surface area contributed by atoms with E-state index in [4.69, 9.17) is 19.2 Å². The highest BCUT2D eigenvalue weighted by Gasteiger charge is 2.22. The number of anilines is 2. The molecule has 0 bridgehead atoms. The van der Waals surface area contributed by atoms with Crippen LogP contribution in [0.25, 0.3) is 16.9 Å². The lowest BCUT2D eigenvalue weighted by molar-refractivity contribution is 0.0950. The lowest BCUT2D eigenvalue weighted by atomic mass is 10.1. The zero-order valence-corrected chi connectivity index (χ0v) is 22.4. The van der Waals surface area contributed by atoms with Crippen molar-refractivity contribution in [1.29, 1.82) is 5.26 Å². The number of pyridine rings is 1. The third-order valence-electron chi connectivity index (χ3n) is 6.36. The number of rotatable bonds is 9. The Morgan fingerprint density at radius 3 is 2.38 bits per heavy atom. The Kier molecular flexibility index (Phi) is 7.24. The molecule has 2 aromatic carbocycles. The number of aryl methyl sites for hydroxylation is 1. The van der Waals surface area contributed by atoms with Crippen LogP contribution in [-0.4, -0.2) is 46.8 Å². The molecule has 0 atom stereocenters. The van der Waals surface area contributed by atoms with E-state index in [1.807, 2.05) is 31.2 Å². The molecule has 0 unspecified atom stereocenters.